The quantitative estimate of drug-likeness (QED) is 0.733. The number of hydrogen-bond acceptors (Lipinski definition) is 4. The highest BCUT2D eigenvalue weighted by Gasteiger charge is 2.30. The molecule has 25 heavy (non-hydrogen) atoms. The number of carbonyl (C=O) groups excluding carboxylic acids is 2. The third-order valence-corrected chi connectivity index (χ3v) is 5.27. The Hall–Kier alpha value is -2.08. The molecule has 0 bridgehead atoms. The molecule has 6 nitrogen and oxygen atoms in total. The Morgan fingerprint density at radius 2 is 1.88 bits per heavy atom. The number of rotatable bonds is 6. The molecule has 2 aliphatic heterocycles. The van der Waals surface area contributed by atoms with Crippen LogP contribution in [0.1, 0.15) is 26.7 Å². The number of carbonyl (C=O) groups is 2. The average molecular weight is 344 g/mol. The van der Waals surface area contributed by atoms with E-state index in [1.54, 1.807) is 6.92 Å². The van der Waals surface area contributed by atoms with Gasteiger partial charge in [0, 0.05) is 30.4 Å². The van der Waals surface area contributed by atoms with Crippen LogP contribution in [0.2, 0.25) is 0 Å². The molecule has 2 atom stereocenters. The summed E-state index contributed by atoms with van der Waals surface area (Å²) in [6.07, 6.45) is 2.43. The first-order valence-corrected chi connectivity index (χ1v) is 9.21. The maximum Gasteiger partial charge on any atom is 0.246 e. The van der Waals surface area contributed by atoms with Crippen LogP contribution in [0.25, 0.3) is 0 Å². The van der Waals surface area contributed by atoms with Crippen molar-refractivity contribution in [2.75, 3.05) is 36.4 Å². The van der Waals surface area contributed by atoms with E-state index in [-0.39, 0.29) is 17.7 Å². The molecule has 1 aromatic carbocycles. The van der Waals surface area contributed by atoms with E-state index in [9.17, 15) is 9.59 Å². The molecule has 0 radical (unpaired) electrons. The van der Waals surface area contributed by atoms with E-state index in [2.05, 4.69) is 26.9 Å². The minimum Gasteiger partial charge on any atom is -0.371 e. The van der Waals surface area contributed by atoms with Crippen LogP contribution in [-0.4, -0.2) is 44.0 Å². The predicted octanol–water partition coefficient (Wildman–Crippen LogP) is 1.59. The molecule has 0 aliphatic carbocycles. The molecule has 2 heterocycles. The molecule has 2 fully saturated rings. The first kappa shape index (κ1) is 17.7. The molecule has 0 spiro atoms. The van der Waals surface area contributed by atoms with Crippen molar-refractivity contribution in [1.82, 2.24) is 10.6 Å². The standard InChI is InChI=1S/C19H28N4O2/c1-13(15-11-20-12-15)18(24)21-14(2)19(25)22-16-6-5-7-17(10-16)23-8-3-4-9-23/h5-7,10,13-15,20H,3-4,8-9,11-12H2,1-2H3,(H,21,24)(H,22,25). The van der Waals surface area contributed by atoms with Crippen LogP contribution in [0, 0.1) is 11.8 Å². The van der Waals surface area contributed by atoms with E-state index in [1.807, 2.05) is 25.1 Å². The first-order valence-electron chi connectivity index (χ1n) is 9.21. The Labute approximate surface area is 149 Å². The Balaban J connectivity index is 1.54. The van der Waals surface area contributed by atoms with Crippen molar-refractivity contribution in [3.05, 3.63) is 24.3 Å². The molecule has 1 aromatic rings. The summed E-state index contributed by atoms with van der Waals surface area (Å²) in [5, 5.41) is 8.91. The highest BCUT2D eigenvalue weighted by molar-refractivity contribution is 5.97. The van der Waals surface area contributed by atoms with Crippen molar-refractivity contribution in [1.29, 1.82) is 0 Å². The summed E-state index contributed by atoms with van der Waals surface area (Å²) >= 11 is 0. The summed E-state index contributed by atoms with van der Waals surface area (Å²) in [5.41, 5.74) is 1.91. The van der Waals surface area contributed by atoms with Crippen molar-refractivity contribution < 1.29 is 9.59 Å². The summed E-state index contributed by atoms with van der Waals surface area (Å²) in [6, 6.07) is 7.35. The summed E-state index contributed by atoms with van der Waals surface area (Å²) in [5.74, 6) is 0.0493. The zero-order valence-electron chi connectivity index (χ0n) is 15.0. The van der Waals surface area contributed by atoms with Gasteiger partial charge in [0.1, 0.15) is 6.04 Å². The lowest BCUT2D eigenvalue weighted by Crippen LogP contribution is -2.52. The molecule has 3 rings (SSSR count). The molecule has 2 unspecified atom stereocenters. The van der Waals surface area contributed by atoms with Crippen LogP contribution in [0.5, 0.6) is 0 Å². The third-order valence-electron chi connectivity index (χ3n) is 5.27. The highest BCUT2D eigenvalue weighted by Crippen LogP contribution is 2.23. The largest absolute Gasteiger partial charge is 0.371 e. The summed E-state index contributed by atoms with van der Waals surface area (Å²) in [4.78, 5) is 27.0. The average Bonchev–Trinajstić information content (AvgIpc) is 3.07. The van der Waals surface area contributed by atoms with Gasteiger partial charge in [0.15, 0.2) is 0 Å². The number of hydrogen-bond donors (Lipinski definition) is 3. The van der Waals surface area contributed by atoms with Gasteiger partial charge in [0.25, 0.3) is 0 Å². The second-order valence-corrected chi connectivity index (χ2v) is 7.17. The van der Waals surface area contributed by atoms with Gasteiger partial charge in [0.05, 0.1) is 0 Å². The van der Waals surface area contributed by atoms with Crippen LogP contribution < -0.4 is 20.9 Å². The fourth-order valence-corrected chi connectivity index (χ4v) is 3.30. The highest BCUT2D eigenvalue weighted by atomic mass is 16.2. The minimum atomic E-state index is -0.557. The van der Waals surface area contributed by atoms with Crippen molar-refractivity contribution in [3.63, 3.8) is 0 Å². The van der Waals surface area contributed by atoms with Gasteiger partial charge in [-0.25, -0.2) is 0 Å². The molecule has 2 aliphatic rings. The van der Waals surface area contributed by atoms with Crippen molar-refractivity contribution >= 4 is 23.2 Å². The van der Waals surface area contributed by atoms with Gasteiger partial charge in [-0.2, -0.15) is 0 Å². The topological polar surface area (TPSA) is 73.5 Å². The van der Waals surface area contributed by atoms with Crippen LogP contribution in [-0.2, 0) is 9.59 Å². The Morgan fingerprint density at radius 3 is 2.52 bits per heavy atom. The monoisotopic (exact) mass is 344 g/mol. The maximum atomic E-state index is 12.4. The number of nitrogens with one attached hydrogen (secondary N) is 3. The zero-order valence-corrected chi connectivity index (χ0v) is 15.0. The van der Waals surface area contributed by atoms with E-state index in [0.29, 0.717) is 5.92 Å². The molecule has 0 saturated carbocycles. The third kappa shape index (κ3) is 4.31. The lowest BCUT2D eigenvalue weighted by molar-refractivity contribution is -0.130. The first-order chi connectivity index (χ1) is 12.0. The van der Waals surface area contributed by atoms with Crippen LogP contribution in [0.3, 0.4) is 0 Å². The SMILES string of the molecule is CC(NC(=O)C(C)C1CNC1)C(=O)Nc1cccc(N2CCCC2)c1. The van der Waals surface area contributed by atoms with E-state index >= 15 is 0 Å². The molecule has 2 amide bonds. The fraction of sp³-hybridized carbons (Fsp3) is 0.579. The smallest absolute Gasteiger partial charge is 0.246 e. The molecule has 6 heteroatoms. The second-order valence-electron chi connectivity index (χ2n) is 7.17. The van der Waals surface area contributed by atoms with Crippen molar-refractivity contribution in [3.8, 4) is 0 Å². The van der Waals surface area contributed by atoms with E-state index < -0.39 is 6.04 Å². The fourth-order valence-electron chi connectivity index (χ4n) is 3.30. The summed E-state index contributed by atoms with van der Waals surface area (Å²) in [6.45, 7) is 7.53. The summed E-state index contributed by atoms with van der Waals surface area (Å²) < 4.78 is 0. The minimum absolute atomic E-state index is 0.0556. The summed E-state index contributed by atoms with van der Waals surface area (Å²) in [7, 11) is 0. The predicted molar refractivity (Wildman–Crippen MR) is 99.6 cm³/mol. The van der Waals surface area contributed by atoms with Gasteiger partial charge in [-0.1, -0.05) is 13.0 Å². The lowest BCUT2D eigenvalue weighted by atomic mass is 9.88. The van der Waals surface area contributed by atoms with E-state index in [4.69, 9.17) is 0 Å². The number of anilines is 2. The Morgan fingerprint density at radius 1 is 1.16 bits per heavy atom. The van der Waals surface area contributed by atoms with Gasteiger partial charge in [-0.15, -0.1) is 0 Å². The molecule has 3 N–H and O–H groups in total. The van der Waals surface area contributed by atoms with Crippen LogP contribution >= 0.6 is 0 Å². The lowest BCUT2D eigenvalue weighted by Gasteiger charge is -2.32. The number of nitrogens with zero attached hydrogens (tertiary/aromatic N) is 1. The maximum absolute atomic E-state index is 12.4. The van der Waals surface area contributed by atoms with Crippen LogP contribution in [0.4, 0.5) is 11.4 Å². The van der Waals surface area contributed by atoms with Gasteiger partial charge in [-0.05, 0) is 57.0 Å². The van der Waals surface area contributed by atoms with Gasteiger partial charge >= 0.3 is 0 Å². The molecule has 136 valence electrons. The van der Waals surface area contributed by atoms with Crippen LogP contribution in [0.15, 0.2) is 24.3 Å². The molecular formula is C19H28N4O2. The zero-order chi connectivity index (χ0) is 17.8. The Bertz CT molecular complexity index is 624. The van der Waals surface area contributed by atoms with Crippen molar-refractivity contribution in [2.24, 2.45) is 11.8 Å². The van der Waals surface area contributed by atoms with Gasteiger partial charge < -0.3 is 20.9 Å². The molecular weight excluding hydrogens is 316 g/mol. The molecule has 2 saturated heterocycles. The molecule has 0 aromatic heterocycles. The van der Waals surface area contributed by atoms with Gasteiger partial charge in [-0.3, -0.25) is 9.59 Å². The number of amides is 2. The normalized spacial score (nSPS) is 19.8. The van der Waals surface area contributed by atoms with Crippen molar-refractivity contribution in [2.45, 2.75) is 32.7 Å². The number of benzene rings is 1. The second kappa shape index (κ2) is 7.87. The van der Waals surface area contributed by atoms with E-state index in [1.165, 1.54) is 12.8 Å². The Kier molecular flexibility index (Phi) is 5.58. The van der Waals surface area contributed by atoms with E-state index in [0.717, 1.165) is 37.6 Å². The van der Waals surface area contributed by atoms with Gasteiger partial charge in [0.2, 0.25) is 11.8 Å².